The fourth-order valence-corrected chi connectivity index (χ4v) is 1.95. The van der Waals surface area contributed by atoms with Crippen LogP contribution in [0, 0.1) is 0 Å². The molecular weight excluding hydrogens is 294 g/mol. The molecule has 0 bridgehead atoms. The summed E-state index contributed by atoms with van der Waals surface area (Å²) in [7, 11) is 1.35. The average molecular weight is 313 g/mol. The molecule has 0 saturated carbocycles. The number of ether oxygens (including phenoxy) is 1. The summed E-state index contributed by atoms with van der Waals surface area (Å²) in [6, 6.07) is 10.4. The lowest BCUT2D eigenvalue weighted by Gasteiger charge is -2.08. The van der Waals surface area contributed by atoms with Crippen LogP contribution in [0.25, 0.3) is 0 Å². The molecule has 6 nitrogen and oxygen atoms in total. The van der Waals surface area contributed by atoms with E-state index in [1.807, 2.05) is 6.92 Å². The van der Waals surface area contributed by atoms with E-state index in [9.17, 15) is 9.59 Å². The number of carbonyl (C=O) groups is 2. The maximum atomic E-state index is 11.5. The molecule has 0 unspecified atom stereocenters. The van der Waals surface area contributed by atoms with Gasteiger partial charge in [-0.2, -0.15) is 0 Å². The number of amides is 1. The van der Waals surface area contributed by atoms with Crippen molar-refractivity contribution < 1.29 is 14.3 Å². The van der Waals surface area contributed by atoms with E-state index >= 15 is 0 Å². The highest BCUT2D eigenvalue weighted by Crippen LogP contribution is 2.17. The Morgan fingerprint density at radius 2 is 1.78 bits per heavy atom. The molecular formula is C17H19N3O3. The summed E-state index contributed by atoms with van der Waals surface area (Å²) in [6.07, 6.45) is 2.89. The number of aromatic nitrogens is 1. The third-order valence-electron chi connectivity index (χ3n) is 3.10. The lowest BCUT2D eigenvalue weighted by molar-refractivity contribution is -0.116. The van der Waals surface area contributed by atoms with E-state index in [-0.39, 0.29) is 11.9 Å². The number of pyridine rings is 1. The van der Waals surface area contributed by atoms with E-state index in [0.29, 0.717) is 23.5 Å². The molecule has 0 aliphatic carbocycles. The van der Waals surface area contributed by atoms with Crippen molar-refractivity contribution in [1.29, 1.82) is 0 Å². The predicted molar refractivity (Wildman–Crippen MR) is 88.8 cm³/mol. The van der Waals surface area contributed by atoms with Crippen LogP contribution in [-0.2, 0) is 9.53 Å². The summed E-state index contributed by atoms with van der Waals surface area (Å²) in [4.78, 5) is 27.1. The number of nitrogens with one attached hydrogen (secondary N) is 2. The van der Waals surface area contributed by atoms with Crippen molar-refractivity contribution in [2.75, 3.05) is 17.7 Å². The minimum Gasteiger partial charge on any atom is -0.465 e. The molecule has 6 heteroatoms. The van der Waals surface area contributed by atoms with Gasteiger partial charge in [-0.15, -0.1) is 0 Å². The second kappa shape index (κ2) is 7.93. The van der Waals surface area contributed by atoms with Crippen molar-refractivity contribution in [1.82, 2.24) is 4.98 Å². The number of methoxy groups -OCH3 is 1. The molecule has 1 aromatic carbocycles. The number of hydrogen-bond acceptors (Lipinski definition) is 5. The van der Waals surface area contributed by atoms with Crippen LogP contribution in [0.3, 0.4) is 0 Å². The molecule has 2 N–H and O–H groups in total. The third kappa shape index (κ3) is 4.81. The fourth-order valence-electron chi connectivity index (χ4n) is 1.95. The Hall–Kier alpha value is -2.89. The van der Waals surface area contributed by atoms with Gasteiger partial charge in [0, 0.05) is 12.1 Å². The number of anilines is 3. The second-order valence-electron chi connectivity index (χ2n) is 4.92. The molecule has 0 fully saturated rings. The minimum absolute atomic E-state index is 0.0200. The first-order valence-electron chi connectivity index (χ1n) is 7.33. The zero-order valence-corrected chi connectivity index (χ0v) is 13.1. The van der Waals surface area contributed by atoms with E-state index in [2.05, 4.69) is 20.4 Å². The summed E-state index contributed by atoms with van der Waals surface area (Å²) >= 11 is 0. The summed E-state index contributed by atoms with van der Waals surface area (Å²) in [5.74, 6) is 0.250. The topological polar surface area (TPSA) is 80.3 Å². The summed E-state index contributed by atoms with van der Waals surface area (Å²) < 4.78 is 4.65. The predicted octanol–water partition coefficient (Wildman–Crippen LogP) is 3.35. The quantitative estimate of drug-likeness (QED) is 0.799. The van der Waals surface area contributed by atoms with Crippen LogP contribution in [0.5, 0.6) is 0 Å². The number of carbonyl (C=O) groups excluding carboxylic acids is 2. The Labute approximate surface area is 134 Å². The molecule has 0 radical (unpaired) electrons. The first-order valence-corrected chi connectivity index (χ1v) is 7.33. The Kier molecular flexibility index (Phi) is 5.68. The maximum absolute atomic E-state index is 11.5. The molecule has 0 spiro atoms. The van der Waals surface area contributed by atoms with Crippen LogP contribution >= 0.6 is 0 Å². The molecule has 120 valence electrons. The number of nitrogens with zero attached hydrogens (tertiary/aromatic N) is 1. The van der Waals surface area contributed by atoms with Crippen LogP contribution in [-0.4, -0.2) is 24.0 Å². The van der Waals surface area contributed by atoms with Crippen molar-refractivity contribution in [3.8, 4) is 0 Å². The Balaban J connectivity index is 1.98. The molecule has 23 heavy (non-hydrogen) atoms. The van der Waals surface area contributed by atoms with Crippen LogP contribution in [0.15, 0.2) is 42.6 Å². The van der Waals surface area contributed by atoms with Crippen molar-refractivity contribution in [3.63, 3.8) is 0 Å². The SMILES string of the molecule is CCCC(=O)Nc1ccc(Nc2ccc(C(=O)OC)cc2)nc1. The van der Waals surface area contributed by atoms with E-state index in [4.69, 9.17) is 0 Å². The van der Waals surface area contributed by atoms with Gasteiger partial charge >= 0.3 is 5.97 Å². The molecule has 1 heterocycles. The lowest BCUT2D eigenvalue weighted by atomic mass is 10.2. The Morgan fingerprint density at radius 1 is 1.09 bits per heavy atom. The molecule has 2 aromatic rings. The number of hydrogen-bond donors (Lipinski definition) is 2. The highest BCUT2D eigenvalue weighted by atomic mass is 16.5. The Morgan fingerprint density at radius 3 is 2.35 bits per heavy atom. The molecule has 0 atom stereocenters. The van der Waals surface area contributed by atoms with Gasteiger partial charge in [-0.05, 0) is 42.8 Å². The number of rotatable bonds is 6. The van der Waals surface area contributed by atoms with Crippen LogP contribution in [0.4, 0.5) is 17.2 Å². The summed E-state index contributed by atoms with van der Waals surface area (Å²) in [6.45, 7) is 1.95. The van der Waals surface area contributed by atoms with Gasteiger partial charge in [0.2, 0.25) is 5.91 Å². The van der Waals surface area contributed by atoms with Gasteiger partial charge in [-0.3, -0.25) is 4.79 Å². The fraction of sp³-hybridized carbons (Fsp3) is 0.235. The monoisotopic (exact) mass is 313 g/mol. The van der Waals surface area contributed by atoms with Crippen molar-refractivity contribution in [2.45, 2.75) is 19.8 Å². The van der Waals surface area contributed by atoms with Crippen molar-refractivity contribution in [2.24, 2.45) is 0 Å². The van der Waals surface area contributed by atoms with Crippen molar-refractivity contribution >= 4 is 29.1 Å². The molecule has 0 saturated heterocycles. The van der Waals surface area contributed by atoms with Crippen molar-refractivity contribution in [3.05, 3.63) is 48.2 Å². The van der Waals surface area contributed by atoms with E-state index < -0.39 is 0 Å². The standard InChI is InChI=1S/C17H19N3O3/c1-3-4-16(21)20-14-9-10-15(18-11-14)19-13-7-5-12(6-8-13)17(22)23-2/h5-11H,3-4H2,1-2H3,(H,18,19)(H,20,21). The van der Waals surface area contributed by atoms with Crippen LogP contribution < -0.4 is 10.6 Å². The normalized spacial score (nSPS) is 10.0. The lowest BCUT2D eigenvalue weighted by Crippen LogP contribution is -2.10. The minimum atomic E-state index is -0.373. The van der Waals surface area contributed by atoms with Gasteiger partial charge in [0.15, 0.2) is 0 Å². The highest BCUT2D eigenvalue weighted by molar-refractivity contribution is 5.91. The number of esters is 1. The second-order valence-corrected chi connectivity index (χ2v) is 4.92. The Bertz CT molecular complexity index is 666. The van der Waals surface area contributed by atoms with Gasteiger partial charge in [0.05, 0.1) is 24.6 Å². The molecule has 1 aromatic heterocycles. The van der Waals surface area contributed by atoms with E-state index in [1.165, 1.54) is 7.11 Å². The van der Waals surface area contributed by atoms with Gasteiger partial charge in [0.25, 0.3) is 0 Å². The van der Waals surface area contributed by atoms with Crippen LogP contribution in [0.1, 0.15) is 30.1 Å². The van der Waals surface area contributed by atoms with Gasteiger partial charge in [-0.25, -0.2) is 9.78 Å². The van der Waals surface area contributed by atoms with E-state index in [1.54, 1.807) is 42.6 Å². The third-order valence-corrected chi connectivity index (χ3v) is 3.10. The zero-order valence-electron chi connectivity index (χ0n) is 13.1. The van der Waals surface area contributed by atoms with Crippen LogP contribution in [0.2, 0.25) is 0 Å². The van der Waals surface area contributed by atoms with E-state index in [0.717, 1.165) is 12.1 Å². The first kappa shape index (κ1) is 16.5. The summed E-state index contributed by atoms with van der Waals surface area (Å²) in [5.41, 5.74) is 1.95. The largest absolute Gasteiger partial charge is 0.465 e. The molecule has 0 aliphatic rings. The van der Waals surface area contributed by atoms with Gasteiger partial charge in [-0.1, -0.05) is 6.92 Å². The highest BCUT2D eigenvalue weighted by Gasteiger charge is 2.05. The maximum Gasteiger partial charge on any atom is 0.337 e. The average Bonchev–Trinajstić information content (AvgIpc) is 2.57. The molecule has 2 rings (SSSR count). The first-order chi connectivity index (χ1) is 11.1. The van der Waals surface area contributed by atoms with Gasteiger partial charge < -0.3 is 15.4 Å². The smallest absolute Gasteiger partial charge is 0.337 e. The van der Waals surface area contributed by atoms with Gasteiger partial charge in [0.1, 0.15) is 5.82 Å². The molecule has 1 amide bonds. The number of benzene rings is 1. The molecule has 0 aliphatic heterocycles. The summed E-state index contributed by atoms with van der Waals surface area (Å²) in [5, 5.41) is 5.90. The zero-order chi connectivity index (χ0) is 16.7.